The molecule has 19 heavy (non-hydrogen) atoms. The third kappa shape index (κ3) is 5.01. The van der Waals surface area contributed by atoms with E-state index in [2.05, 4.69) is 10.6 Å². The first-order valence-corrected chi connectivity index (χ1v) is 7.68. The lowest BCUT2D eigenvalue weighted by atomic mass is 9.85. The van der Waals surface area contributed by atoms with Gasteiger partial charge < -0.3 is 15.4 Å². The Kier molecular flexibility index (Phi) is 4.71. The molecule has 1 amide bonds. The van der Waals surface area contributed by atoms with E-state index in [1.807, 2.05) is 20.8 Å². The average Bonchev–Trinajstić information content (AvgIpc) is 2.25. The molecule has 2 rings (SSSR count). The number of ether oxygens (including phenoxy) is 1. The number of amides is 1. The van der Waals surface area contributed by atoms with Gasteiger partial charge in [0.05, 0.1) is 0 Å². The number of alkyl carbamates (subject to hydrolysis) is 1. The summed E-state index contributed by atoms with van der Waals surface area (Å²) < 4.78 is 5.26. The Morgan fingerprint density at radius 2 is 1.63 bits per heavy atom. The molecule has 2 aliphatic rings. The zero-order valence-corrected chi connectivity index (χ0v) is 12.5. The molecule has 2 saturated carbocycles. The largest absolute Gasteiger partial charge is 0.444 e. The zero-order chi connectivity index (χ0) is 13.9. The van der Waals surface area contributed by atoms with Gasteiger partial charge in [-0.15, -0.1) is 0 Å². The van der Waals surface area contributed by atoms with Gasteiger partial charge in [-0.05, 0) is 46.5 Å². The molecule has 0 unspecified atom stereocenters. The molecule has 0 radical (unpaired) electrons. The monoisotopic (exact) mass is 268 g/mol. The molecule has 110 valence electrons. The summed E-state index contributed by atoms with van der Waals surface area (Å²) >= 11 is 0. The van der Waals surface area contributed by atoms with E-state index in [4.69, 9.17) is 4.74 Å². The summed E-state index contributed by atoms with van der Waals surface area (Å²) in [4.78, 5) is 11.6. The van der Waals surface area contributed by atoms with Crippen LogP contribution < -0.4 is 10.6 Å². The highest BCUT2D eigenvalue weighted by molar-refractivity contribution is 5.68. The van der Waals surface area contributed by atoms with Crippen molar-refractivity contribution in [3.05, 3.63) is 0 Å². The van der Waals surface area contributed by atoms with E-state index in [0.717, 1.165) is 12.8 Å². The molecule has 0 spiro atoms. The van der Waals surface area contributed by atoms with Crippen molar-refractivity contribution in [1.29, 1.82) is 0 Å². The maximum absolute atomic E-state index is 11.6. The van der Waals surface area contributed by atoms with Gasteiger partial charge in [0.25, 0.3) is 0 Å². The van der Waals surface area contributed by atoms with Crippen LogP contribution in [-0.4, -0.2) is 29.8 Å². The Hall–Kier alpha value is -0.770. The van der Waals surface area contributed by atoms with Crippen LogP contribution in [0.1, 0.15) is 65.7 Å². The maximum atomic E-state index is 11.6. The second-order valence-electron chi connectivity index (χ2n) is 7.01. The summed E-state index contributed by atoms with van der Waals surface area (Å²) in [6.45, 7) is 5.67. The Morgan fingerprint density at radius 1 is 1.00 bits per heavy atom. The second kappa shape index (κ2) is 6.12. The van der Waals surface area contributed by atoms with Crippen molar-refractivity contribution in [2.24, 2.45) is 0 Å². The Bertz CT molecular complexity index is 300. The first-order valence-electron chi connectivity index (χ1n) is 7.68. The van der Waals surface area contributed by atoms with Gasteiger partial charge in [-0.3, -0.25) is 0 Å². The van der Waals surface area contributed by atoms with Gasteiger partial charge in [0.1, 0.15) is 5.60 Å². The smallest absolute Gasteiger partial charge is 0.407 e. The van der Waals surface area contributed by atoms with Gasteiger partial charge >= 0.3 is 6.09 Å². The molecule has 0 atom stereocenters. The summed E-state index contributed by atoms with van der Waals surface area (Å²) in [5.41, 5.74) is -0.409. The number of carbonyl (C=O) groups is 1. The summed E-state index contributed by atoms with van der Waals surface area (Å²) in [5.74, 6) is 0. The molecule has 2 N–H and O–H groups in total. The molecule has 0 aliphatic heterocycles. The van der Waals surface area contributed by atoms with Crippen LogP contribution in [0.3, 0.4) is 0 Å². The average molecular weight is 268 g/mol. The molecule has 2 aliphatic carbocycles. The van der Waals surface area contributed by atoms with Crippen LogP contribution in [0, 0.1) is 0 Å². The normalized spacial score (nSPS) is 28.6. The number of nitrogens with one attached hydrogen (secondary N) is 2. The fourth-order valence-electron chi connectivity index (χ4n) is 2.95. The van der Waals surface area contributed by atoms with E-state index in [9.17, 15) is 4.79 Å². The predicted octanol–water partition coefficient (Wildman–Crippen LogP) is 2.96. The molecule has 0 aromatic heterocycles. The SMILES string of the molecule is CC(C)(C)OC(=O)NC1CC(NC2CCCCC2)C1. The number of hydrogen-bond acceptors (Lipinski definition) is 3. The molecule has 0 bridgehead atoms. The molecular formula is C15H28N2O2. The van der Waals surface area contributed by atoms with Crippen molar-refractivity contribution in [1.82, 2.24) is 10.6 Å². The maximum Gasteiger partial charge on any atom is 0.407 e. The lowest BCUT2D eigenvalue weighted by molar-refractivity contribution is 0.0461. The topological polar surface area (TPSA) is 50.4 Å². The molecule has 0 aromatic carbocycles. The van der Waals surface area contributed by atoms with E-state index < -0.39 is 5.60 Å². The van der Waals surface area contributed by atoms with Gasteiger partial charge in [-0.25, -0.2) is 4.79 Å². The lowest BCUT2D eigenvalue weighted by Crippen LogP contribution is -2.55. The number of carbonyl (C=O) groups excluding carboxylic acids is 1. The van der Waals surface area contributed by atoms with Crippen LogP contribution in [-0.2, 0) is 4.74 Å². The number of rotatable bonds is 3. The fourth-order valence-corrected chi connectivity index (χ4v) is 2.95. The first-order chi connectivity index (χ1) is 8.92. The van der Waals surface area contributed by atoms with Gasteiger partial charge in [-0.1, -0.05) is 19.3 Å². The quantitative estimate of drug-likeness (QED) is 0.827. The van der Waals surface area contributed by atoms with Crippen LogP contribution in [0.15, 0.2) is 0 Å². The third-order valence-electron chi connectivity index (χ3n) is 3.94. The van der Waals surface area contributed by atoms with Crippen LogP contribution in [0.4, 0.5) is 4.79 Å². The summed E-state index contributed by atoms with van der Waals surface area (Å²) in [7, 11) is 0. The first kappa shape index (κ1) is 14.6. The van der Waals surface area contributed by atoms with Crippen molar-refractivity contribution in [2.75, 3.05) is 0 Å². The van der Waals surface area contributed by atoms with Crippen LogP contribution >= 0.6 is 0 Å². The van der Waals surface area contributed by atoms with Crippen LogP contribution in [0.5, 0.6) is 0 Å². The van der Waals surface area contributed by atoms with Crippen LogP contribution in [0.2, 0.25) is 0 Å². The highest BCUT2D eigenvalue weighted by Gasteiger charge is 2.32. The minimum atomic E-state index is -0.409. The van der Waals surface area contributed by atoms with Gasteiger partial charge in [0, 0.05) is 18.1 Å². The summed E-state index contributed by atoms with van der Waals surface area (Å²) in [6.07, 6.45) is 8.56. The highest BCUT2D eigenvalue weighted by Crippen LogP contribution is 2.24. The Balaban J connectivity index is 1.59. The van der Waals surface area contributed by atoms with Gasteiger partial charge in [0.2, 0.25) is 0 Å². The van der Waals surface area contributed by atoms with E-state index >= 15 is 0 Å². The van der Waals surface area contributed by atoms with Crippen molar-refractivity contribution >= 4 is 6.09 Å². The zero-order valence-electron chi connectivity index (χ0n) is 12.5. The highest BCUT2D eigenvalue weighted by atomic mass is 16.6. The van der Waals surface area contributed by atoms with Crippen molar-refractivity contribution in [3.63, 3.8) is 0 Å². The van der Waals surface area contributed by atoms with Gasteiger partial charge in [0.15, 0.2) is 0 Å². The minimum Gasteiger partial charge on any atom is -0.444 e. The van der Waals surface area contributed by atoms with E-state index in [-0.39, 0.29) is 12.1 Å². The molecule has 0 saturated heterocycles. The third-order valence-corrected chi connectivity index (χ3v) is 3.94. The molecule has 4 nitrogen and oxygen atoms in total. The molecule has 0 heterocycles. The van der Waals surface area contributed by atoms with Crippen molar-refractivity contribution in [2.45, 2.75) is 89.4 Å². The summed E-state index contributed by atoms with van der Waals surface area (Å²) in [5, 5.41) is 6.65. The second-order valence-corrected chi connectivity index (χ2v) is 7.01. The number of hydrogen-bond donors (Lipinski definition) is 2. The van der Waals surface area contributed by atoms with E-state index in [1.165, 1.54) is 32.1 Å². The van der Waals surface area contributed by atoms with Gasteiger partial charge in [-0.2, -0.15) is 0 Å². The van der Waals surface area contributed by atoms with Crippen molar-refractivity contribution in [3.8, 4) is 0 Å². The van der Waals surface area contributed by atoms with Crippen molar-refractivity contribution < 1.29 is 9.53 Å². The fraction of sp³-hybridized carbons (Fsp3) is 0.933. The Labute approximate surface area is 116 Å². The molecule has 2 fully saturated rings. The Morgan fingerprint density at radius 3 is 2.21 bits per heavy atom. The minimum absolute atomic E-state index is 0.284. The van der Waals surface area contributed by atoms with Crippen LogP contribution in [0.25, 0.3) is 0 Å². The van der Waals surface area contributed by atoms with E-state index in [1.54, 1.807) is 0 Å². The standard InChI is InChI=1S/C15H28N2O2/c1-15(2,3)19-14(18)17-13-9-12(10-13)16-11-7-5-4-6-8-11/h11-13,16H,4-10H2,1-3H3,(H,17,18). The molecule has 4 heteroatoms. The lowest BCUT2D eigenvalue weighted by Gasteiger charge is -2.39. The summed E-state index contributed by atoms with van der Waals surface area (Å²) in [6, 6.07) is 1.58. The van der Waals surface area contributed by atoms with E-state index in [0.29, 0.717) is 12.1 Å². The molecule has 0 aromatic rings. The predicted molar refractivity (Wildman–Crippen MR) is 76.2 cm³/mol. The molecular weight excluding hydrogens is 240 g/mol.